The Balaban J connectivity index is 1.32. The van der Waals surface area contributed by atoms with Crippen molar-refractivity contribution in [2.24, 2.45) is 11.8 Å². The van der Waals surface area contributed by atoms with Crippen molar-refractivity contribution < 1.29 is 0 Å². The van der Waals surface area contributed by atoms with Crippen molar-refractivity contribution in [1.29, 1.82) is 0 Å². The zero-order valence-corrected chi connectivity index (χ0v) is 23.8. The molecule has 0 heteroatoms. The molecule has 1 fully saturated rings. The Kier molecular flexibility index (Phi) is 14.3. The van der Waals surface area contributed by atoms with Crippen LogP contribution in [-0.4, -0.2) is 0 Å². The molecule has 2 aromatic carbocycles. The first-order valence-corrected chi connectivity index (χ1v) is 15.6. The molecule has 0 spiro atoms. The molecule has 1 aliphatic rings. The third-order valence-corrected chi connectivity index (χ3v) is 8.41. The van der Waals surface area contributed by atoms with Gasteiger partial charge in [-0.15, -0.1) is 6.58 Å². The van der Waals surface area contributed by atoms with Crippen LogP contribution in [0.25, 0.3) is 0 Å². The van der Waals surface area contributed by atoms with Crippen LogP contribution in [0.4, 0.5) is 0 Å². The van der Waals surface area contributed by atoms with Gasteiger partial charge in [0.15, 0.2) is 0 Å². The summed E-state index contributed by atoms with van der Waals surface area (Å²) in [4.78, 5) is 0. The summed E-state index contributed by atoms with van der Waals surface area (Å²) in [6.07, 6.45) is 26.6. The van der Waals surface area contributed by atoms with Crippen molar-refractivity contribution in [1.82, 2.24) is 0 Å². The molecule has 0 bridgehead atoms. The van der Waals surface area contributed by atoms with Gasteiger partial charge < -0.3 is 0 Å². The third-order valence-electron chi connectivity index (χ3n) is 8.41. The molecule has 2 aromatic rings. The number of hydrogen-bond donors (Lipinski definition) is 0. The standard InChI is InChI=1S/C37H52/c1-3-5-7-9-11-13-15-33-18-22-35(23-19-33)25-27-37-30-28-36(29-31-37)26-24-34-20-16-32(17-21-34)14-12-10-8-6-4-2/h3,18-19,22-23,28-32,34H,1,4-17,20-21,24,26H2,2H3. The maximum atomic E-state index is 3.80. The molecule has 0 radical (unpaired) electrons. The van der Waals surface area contributed by atoms with Crippen LogP contribution in [0.5, 0.6) is 0 Å². The first-order valence-electron chi connectivity index (χ1n) is 15.6. The topological polar surface area (TPSA) is 0 Å². The van der Waals surface area contributed by atoms with E-state index in [9.17, 15) is 0 Å². The Hall–Kier alpha value is -2.26. The molecule has 200 valence electrons. The highest BCUT2D eigenvalue weighted by atomic mass is 14.3. The van der Waals surface area contributed by atoms with E-state index in [0.717, 1.165) is 29.4 Å². The molecule has 3 rings (SSSR count). The van der Waals surface area contributed by atoms with Gasteiger partial charge in [0.2, 0.25) is 0 Å². The van der Waals surface area contributed by atoms with Crippen LogP contribution >= 0.6 is 0 Å². The Morgan fingerprint density at radius 3 is 1.73 bits per heavy atom. The van der Waals surface area contributed by atoms with Crippen LogP contribution in [0.15, 0.2) is 61.2 Å². The molecular formula is C37H52. The van der Waals surface area contributed by atoms with Gasteiger partial charge in [0.1, 0.15) is 0 Å². The Morgan fingerprint density at radius 1 is 0.622 bits per heavy atom. The van der Waals surface area contributed by atoms with Gasteiger partial charge in [-0.25, -0.2) is 0 Å². The van der Waals surface area contributed by atoms with Crippen molar-refractivity contribution in [2.45, 2.75) is 122 Å². The van der Waals surface area contributed by atoms with Crippen molar-refractivity contribution in [3.05, 3.63) is 83.4 Å². The molecule has 0 atom stereocenters. The fraction of sp³-hybridized carbons (Fsp3) is 0.568. The molecule has 0 N–H and O–H groups in total. The monoisotopic (exact) mass is 496 g/mol. The van der Waals surface area contributed by atoms with Gasteiger partial charge in [-0.2, -0.15) is 0 Å². The summed E-state index contributed by atoms with van der Waals surface area (Å²) in [7, 11) is 0. The van der Waals surface area contributed by atoms with E-state index in [1.165, 1.54) is 120 Å². The molecule has 1 aliphatic carbocycles. The first kappa shape index (κ1) is 29.3. The number of aryl methyl sites for hydroxylation is 2. The Labute approximate surface area is 229 Å². The molecule has 0 aliphatic heterocycles. The quantitative estimate of drug-likeness (QED) is 0.123. The second kappa shape index (κ2) is 18.1. The highest BCUT2D eigenvalue weighted by molar-refractivity contribution is 5.44. The number of benzene rings is 2. The minimum atomic E-state index is 0.941. The van der Waals surface area contributed by atoms with Gasteiger partial charge in [0.25, 0.3) is 0 Å². The van der Waals surface area contributed by atoms with E-state index < -0.39 is 0 Å². The van der Waals surface area contributed by atoms with Gasteiger partial charge in [-0.1, -0.05) is 126 Å². The summed E-state index contributed by atoms with van der Waals surface area (Å²) in [5, 5.41) is 0. The van der Waals surface area contributed by atoms with E-state index in [0.29, 0.717) is 0 Å². The number of hydrogen-bond acceptors (Lipinski definition) is 0. The molecule has 37 heavy (non-hydrogen) atoms. The largest absolute Gasteiger partial charge is 0.103 e. The number of allylic oxidation sites excluding steroid dienone is 1. The summed E-state index contributed by atoms with van der Waals surface area (Å²) in [6, 6.07) is 17.9. The van der Waals surface area contributed by atoms with E-state index in [1.807, 2.05) is 6.08 Å². The highest BCUT2D eigenvalue weighted by Crippen LogP contribution is 2.34. The maximum Gasteiger partial charge on any atom is 0.0249 e. The lowest BCUT2D eigenvalue weighted by Crippen LogP contribution is -2.15. The predicted molar refractivity (Wildman–Crippen MR) is 163 cm³/mol. The van der Waals surface area contributed by atoms with Crippen LogP contribution in [-0.2, 0) is 12.8 Å². The fourth-order valence-corrected chi connectivity index (χ4v) is 5.84. The van der Waals surface area contributed by atoms with Crippen molar-refractivity contribution in [2.75, 3.05) is 0 Å². The average Bonchev–Trinajstić information content (AvgIpc) is 2.94. The summed E-state index contributed by atoms with van der Waals surface area (Å²) < 4.78 is 0. The molecular weight excluding hydrogens is 444 g/mol. The van der Waals surface area contributed by atoms with Crippen LogP contribution in [0.1, 0.15) is 132 Å². The normalized spacial score (nSPS) is 17.2. The summed E-state index contributed by atoms with van der Waals surface area (Å²) in [6.45, 7) is 6.10. The zero-order valence-electron chi connectivity index (χ0n) is 23.8. The second-order valence-electron chi connectivity index (χ2n) is 11.5. The summed E-state index contributed by atoms with van der Waals surface area (Å²) in [5.74, 6) is 8.67. The van der Waals surface area contributed by atoms with Crippen molar-refractivity contribution >= 4 is 0 Å². The van der Waals surface area contributed by atoms with Gasteiger partial charge >= 0.3 is 0 Å². The molecule has 0 nitrogen and oxygen atoms in total. The minimum absolute atomic E-state index is 0.941. The van der Waals surface area contributed by atoms with E-state index in [2.05, 4.69) is 73.9 Å². The minimum Gasteiger partial charge on any atom is -0.103 e. The second-order valence-corrected chi connectivity index (χ2v) is 11.5. The van der Waals surface area contributed by atoms with E-state index in [-0.39, 0.29) is 0 Å². The SMILES string of the molecule is C=CCCCCCCc1ccc(C#Cc2ccc(CCC3CCC(CCCCCCC)CC3)cc2)cc1. The van der Waals surface area contributed by atoms with Crippen LogP contribution in [0.2, 0.25) is 0 Å². The molecule has 0 unspecified atom stereocenters. The lowest BCUT2D eigenvalue weighted by Gasteiger charge is -2.28. The van der Waals surface area contributed by atoms with Crippen LogP contribution < -0.4 is 0 Å². The van der Waals surface area contributed by atoms with Crippen molar-refractivity contribution in [3.63, 3.8) is 0 Å². The lowest BCUT2D eigenvalue weighted by atomic mass is 9.77. The Morgan fingerprint density at radius 2 is 1.14 bits per heavy atom. The fourth-order valence-electron chi connectivity index (χ4n) is 5.84. The van der Waals surface area contributed by atoms with Crippen molar-refractivity contribution in [3.8, 4) is 11.8 Å². The summed E-state index contributed by atoms with van der Waals surface area (Å²) >= 11 is 0. The van der Waals surface area contributed by atoms with E-state index in [1.54, 1.807) is 0 Å². The Bertz CT molecular complexity index is 913. The molecule has 0 amide bonds. The smallest absolute Gasteiger partial charge is 0.0249 e. The van der Waals surface area contributed by atoms with Gasteiger partial charge in [0, 0.05) is 11.1 Å². The maximum absolute atomic E-state index is 3.80. The average molecular weight is 497 g/mol. The molecule has 0 aromatic heterocycles. The zero-order chi connectivity index (χ0) is 26.0. The summed E-state index contributed by atoms with van der Waals surface area (Å²) in [5.41, 5.74) is 5.12. The third kappa shape index (κ3) is 12.2. The van der Waals surface area contributed by atoms with Crippen LogP contribution in [0, 0.1) is 23.7 Å². The van der Waals surface area contributed by atoms with E-state index in [4.69, 9.17) is 0 Å². The molecule has 0 saturated heterocycles. The highest BCUT2D eigenvalue weighted by Gasteiger charge is 2.20. The first-order chi connectivity index (χ1) is 18.3. The van der Waals surface area contributed by atoms with Crippen LogP contribution in [0.3, 0.4) is 0 Å². The van der Waals surface area contributed by atoms with Gasteiger partial charge in [-0.05, 0) is 85.8 Å². The number of rotatable bonds is 16. The molecule has 1 saturated carbocycles. The van der Waals surface area contributed by atoms with Gasteiger partial charge in [0.05, 0.1) is 0 Å². The predicted octanol–water partition coefficient (Wildman–Crippen LogP) is 10.9. The lowest BCUT2D eigenvalue weighted by molar-refractivity contribution is 0.248. The van der Waals surface area contributed by atoms with Gasteiger partial charge in [-0.3, -0.25) is 0 Å². The van der Waals surface area contributed by atoms with E-state index >= 15 is 0 Å². The number of unbranched alkanes of at least 4 members (excludes halogenated alkanes) is 8. The molecule has 0 heterocycles.